The lowest BCUT2D eigenvalue weighted by atomic mass is 10.1. The van der Waals surface area contributed by atoms with Crippen LogP contribution < -0.4 is 4.74 Å². The van der Waals surface area contributed by atoms with Crippen molar-refractivity contribution >= 4 is 23.3 Å². The van der Waals surface area contributed by atoms with Crippen LogP contribution in [0.4, 0.5) is 5.69 Å². The summed E-state index contributed by atoms with van der Waals surface area (Å²) in [5.41, 5.74) is 0.451. The molecular weight excluding hydrogens is 400 g/mol. The number of hydrogen-bond donors (Lipinski definition) is 0. The van der Waals surface area contributed by atoms with E-state index in [0.717, 1.165) is 4.90 Å². The van der Waals surface area contributed by atoms with Crippen LogP contribution in [-0.2, 0) is 0 Å². The predicted octanol–water partition coefficient (Wildman–Crippen LogP) is 3.52. The number of Topliss-reactive ketones (excluding diaryl/α,β-unsaturated/α-hetero) is 1. The highest BCUT2D eigenvalue weighted by Gasteiger charge is 2.39. The van der Waals surface area contributed by atoms with Crippen LogP contribution in [0.5, 0.6) is 5.75 Å². The van der Waals surface area contributed by atoms with Crippen molar-refractivity contribution in [2.24, 2.45) is 0 Å². The Balaban J connectivity index is 1.69. The van der Waals surface area contributed by atoms with Crippen molar-refractivity contribution in [1.82, 2.24) is 4.90 Å². The van der Waals surface area contributed by atoms with E-state index >= 15 is 0 Å². The zero-order valence-electron chi connectivity index (χ0n) is 16.1. The smallest absolute Gasteiger partial charge is 0.310 e. The molecule has 4 rings (SSSR count). The molecule has 1 unspecified atom stereocenters. The first kappa shape index (κ1) is 20.0. The normalized spacial score (nSPS) is 13.6. The lowest BCUT2D eigenvalue weighted by Crippen LogP contribution is -2.43. The van der Waals surface area contributed by atoms with Crippen LogP contribution in [0.2, 0.25) is 0 Å². The zero-order chi connectivity index (χ0) is 22.0. The van der Waals surface area contributed by atoms with E-state index < -0.39 is 28.6 Å². The van der Waals surface area contributed by atoms with E-state index in [1.165, 1.54) is 36.4 Å². The summed E-state index contributed by atoms with van der Waals surface area (Å²) in [6.07, 6.45) is -1.33. The summed E-state index contributed by atoms with van der Waals surface area (Å²) in [4.78, 5) is 50.4. The molecule has 0 saturated carbocycles. The Labute approximate surface area is 176 Å². The molecule has 3 aromatic rings. The first-order chi connectivity index (χ1) is 15.0. The largest absolute Gasteiger partial charge is 0.473 e. The third kappa shape index (κ3) is 3.78. The average molecular weight is 416 g/mol. The number of imide groups is 1. The Hall–Kier alpha value is -4.33. The monoisotopic (exact) mass is 416 g/mol. The number of carbonyl (C=O) groups excluding carboxylic acids is 3. The first-order valence-corrected chi connectivity index (χ1v) is 9.42. The molecule has 0 radical (unpaired) electrons. The molecule has 8 heteroatoms. The highest BCUT2D eigenvalue weighted by atomic mass is 16.6. The highest BCUT2D eigenvalue weighted by Crippen LogP contribution is 2.29. The van der Waals surface area contributed by atoms with Gasteiger partial charge in [0.25, 0.3) is 11.8 Å². The van der Waals surface area contributed by atoms with Crippen molar-refractivity contribution in [2.45, 2.75) is 6.10 Å². The van der Waals surface area contributed by atoms with Gasteiger partial charge in [-0.2, -0.15) is 0 Å². The second-order valence-corrected chi connectivity index (χ2v) is 6.83. The van der Waals surface area contributed by atoms with E-state index in [-0.39, 0.29) is 29.1 Å². The van der Waals surface area contributed by atoms with Gasteiger partial charge in [-0.25, -0.2) is 0 Å². The van der Waals surface area contributed by atoms with Crippen LogP contribution in [0.25, 0.3) is 0 Å². The minimum Gasteiger partial charge on any atom is -0.473 e. The van der Waals surface area contributed by atoms with Gasteiger partial charge in [0.05, 0.1) is 22.6 Å². The van der Waals surface area contributed by atoms with E-state index in [1.54, 1.807) is 42.5 Å². The molecular formula is C23H16N2O6. The molecule has 1 aliphatic heterocycles. The third-order valence-electron chi connectivity index (χ3n) is 4.91. The van der Waals surface area contributed by atoms with E-state index in [1.807, 2.05) is 0 Å². The molecule has 3 aromatic carbocycles. The van der Waals surface area contributed by atoms with Gasteiger partial charge in [-0.3, -0.25) is 29.4 Å². The molecule has 1 atom stereocenters. The molecule has 1 aliphatic rings. The molecule has 0 aliphatic carbocycles. The Morgan fingerprint density at radius 2 is 1.42 bits per heavy atom. The van der Waals surface area contributed by atoms with E-state index in [0.29, 0.717) is 5.56 Å². The Morgan fingerprint density at radius 3 is 2.03 bits per heavy atom. The van der Waals surface area contributed by atoms with Crippen molar-refractivity contribution in [2.75, 3.05) is 6.54 Å². The number of para-hydroxylation sites is 2. The van der Waals surface area contributed by atoms with Gasteiger partial charge in [0, 0.05) is 11.6 Å². The number of hydrogen-bond acceptors (Lipinski definition) is 6. The number of rotatable bonds is 7. The number of carbonyl (C=O) groups is 3. The van der Waals surface area contributed by atoms with Crippen LogP contribution >= 0.6 is 0 Å². The number of ether oxygens (including phenoxy) is 1. The number of ketones is 1. The van der Waals surface area contributed by atoms with Gasteiger partial charge in [0.15, 0.2) is 11.9 Å². The number of amides is 2. The summed E-state index contributed by atoms with van der Waals surface area (Å²) in [6, 6.07) is 20.2. The lowest BCUT2D eigenvalue weighted by Gasteiger charge is -2.23. The topological polar surface area (TPSA) is 107 Å². The van der Waals surface area contributed by atoms with Crippen molar-refractivity contribution < 1.29 is 24.0 Å². The predicted molar refractivity (Wildman–Crippen MR) is 110 cm³/mol. The summed E-state index contributed by atoms with van der Waals surface area (Å²) in [5.74, 6) is -1.72. The molecule has 8 nitrogen and oxygen atoms in total. The number of benzene rings is 3. The molecule has 1 heterocycles. The zero-order valence-corrected chi connectivity index (χ0v) is 16.1. The molecule has 2 amide bonds. The minimum absolute atomic E-state index is 0.126. The molecule has 0 saturated heterocycles. The maximum atomic E-state index is 13.2. The van der Waals surface area contributed by atoms with Crippen LogP contribution in [0.15, 0.2) is 78.9 Å². The second kappa shape index (κ2) is 8.19. The fraction of sp³-hybridized carbons (Fsp3) is 0.0870. The fourth-order valence-corrected chi connectivity index (χ4v) is 3.39. The number of nitro groups is 1. The third-order valence-corrected chi connectivity index (χ3v) is 4.91. The molecule has 0 spiro atoms. The number of nitro benzene ring substituents is 1. The summed E-state index contributed by atoms with van der Waals surface area (Å²) in [6.45, 7) is -0.383. The first-order valence-electron chi connectivity index (χ1n) is 9.42. The Morgan fingerprint density at radius 1 is 0.871 bits per heavy atom. The number of fused-ring (bicyclic) bond motifs is 1. The quantitative estimate of drug-likeness (QED) is 0.252. The summed E-state index contributed by atoms with van der Waals surface area (Å²) in [7, 11) is 0. The average Bonchev–Trinajstić information content (AvgIpc) is 3.04. The van der Waals surface area contributed by atoms with Crippen LogP contribution in [0.3, 0.4) is 0 Å². The molecule has 0 fully saturated rings. The standard InChI is InChI=1S/C23H16N2O6/c26-21(15-8-2-1-3-9-15)20(31-19-13-7-6-12-18(19)25(29)30)14-24-22(27)16-10-4-5-11-17(16)23(24)28/h1-13,20H,14H2. The Bertz CT molecular complexity index is 1160. The summed E-state index contributed by atoms with van der Waals surface area (Å²) >= 11 is 0. The summed E-state index contributed by atoms with van der Waals surface area (Å²) < 4.78 is 5.74. The van der Waals surface area contributed by atoms with Crippen molar-refractivity contribution in [3.05, 3.63) is 106 Å². The van der Waals surface area contributed by atoms with Gasteiger partial charge in [0.1, 0.15) is 0 Å². The highest BCUT2D eigenvalue weighted by molar-refractivity contribution is 6.21. The Kier molecular flexibility index (Phi) is 5.28. The van der Waals surface area contributed by atoms with Crippen LogP contribution in [-0.4, -0.2) is 40.1 Å². The van der Waals surface area contributed by atoms with Crippen LogP contribution in [0.1, 0.15) is 31.1 Å². The van der Waals surface area contributed by atoms with Gasteiger partial charge in [-0.15, -0.1) is 0 Å². The fourth-order valence-electron chi connectivity index (χ4n) is 3.39. The second-order valence-electron chi connectivity index (χ2n) is 6.83. The SMILES string of the molecule is O=C(c1ccccc1)C(CN1C(=O)c2ccccc2C1=O)Oc1ccccc1[N+](=O)[O-]. The van der Waals surface area contributed by atoms with Crippen molar-refractivity contribution in [1.29, 1.82) is 0 Å². The maximum Gasteiger partial charge on any atom is 0.310 e. The lowest BCUT2D eigenvalue weighted by molar-refractivity contribution is -0.386. The van der Waals surface area contributed by atoms with Gasteiger partial charge in [0.2, 0.25) is 5.78 Å². The molecule has 0 bridgehead atoms. The minimum atomic E-state index is -1.33. The van der Waals surface area contributed by atoms with E-state index in [4.69, 9.17) is 4.74 Å². The van der Waals surface area contributed by atoms with E-state index in [2.05, 4.69) is 0 Å². The molecule has 0 aromatic heterocycles. The maximum absolute atomic E-state index is 13.2. The van der Waals surface area contributed by atoms with E-state index in [9.17, 15) is 24.5 Å². The number of nitrogens with zero attached hydrogens (tertiary/aromatic N) is 2. The van der Waals surface area contributed by atoms with Gasteiger partial charge in [-0.05, 0) is 18.2 Å². The van der Waals surface area contributed by atoms with Gasteiger partial charge < -0.3 is 4.74 Å². The molecule has 31 heavy (non-hydrogen) atoms. The van der Waals surface area contributed by atoms with Gasteiger partial charge in [-0.1, -0.05) is 54.6 Å². The van der Waals surface area contributed by atoms with Crippen molar-refractivity contribution in [3.63, 3.8) is 0 Å². The van der Waals surface area contributed by atoms with Gasteiger partial charge >= 0.3 is 5.69 Å². The molecule has 0 N–H and O–H groups in total. The molecule has 154 valence electrons. The van der Waals surface area contributed by atoms with Crippen molar-refractivity contribution in [3.8, 4) is 5.75 Å². The summed E-state index contributed by atoms with van der Waals surface area (Å²) in [5, 5.41) is 11.4. The van der Waals surface area contributed by atoms with Crippen LogP contribution in [0, 0.1) is 10.1 Å².